The van der Waals surface area contributed by atoms with Crippen molar-refractivity contribution in [3.63, 3.8) is 0 Å². The number of amides is 1. The number of carbonyl (C=O) groups excluding carboxylic acids is 1. The van der Waals surface area contributed by atoms with Gasteiger partial charge < -0.3 is 15.4 Å². The first kappa shape index (κ1) is 11.7. The summed E-state index contributed by atoms with van der Waals surface area (Å²) in [6.07, 6.45) is 8.06. The first-order valence-electron chi connectivity index (χ1n) is 6.51. The van der Waals surface area contributed by atoms with Gasteiger partial charge in [-0.25, -0.2) is 4.79 Å². The monoisotopic (exact) mass is 226 g/mol. The standard InChI is InChI=1S/C12H22N2O2/c15-12(14-10-5-2-1-3-6-10)16-9-11-7-4-8-13-11/h10-11,13H,1-9H2,(H,14,15). The van der Waals surface area contributed by atoms with Crippen LogP contribution in [0, 0.1) is 0 Å². The van der Waals surface area contributed by atoms with E-state index < -0.39 is 0 Å². The Morgan fingerprint density at radius 3 is 2.69 bits per heavy atom. The van der Waals surface area contributed by atoms with Crippen molar-refractivity contribution in [1.29, 1.82) is 0 Å². The minimum absolute atomic E-state index is 0.236. The summed E-state index contributed by atoms with van der Waals surface area (Å²) in [6.45, 7) is 1.57. The third kappa shape index (κ3) is 3.67. The van der Waals surface area contributed by atoms with Gasteiger partial charge in [0.1, 0.15) is 6.61 Å². The highest BCUT2D eigenvalue weighted by atomic mass is 16.5. The SMILES string of the molecule is O=C(NC1CCCCC1)OCC1CCCN1. The summed E-state index contributed by atoms with van der Waals surface area (Å²) >= 11 is 0. The van der Waals surface area contributed by atoms with Gasteiger partial charge in [-0.15, -0.1) is 0 Å². The number of rotatable bonds is 3. The lowest BCUT2D eigenvalue weighted by Crippen LogP contribution is -2.38. The number of nitrogens with one attached hydrogen (secondary N) is 2. The van der Waals surface area contributed by atoms with Crippen LogP contribution in [0.1, 0.15) is 44.9 Å². The Morgan fingerprint density at radius 2 is 2.00 bits per heavy atom. The molecule has 0 aromatic rings. The van der Waals surface area contributed by atoms with Gasteiger partial charge in [0.2, 0.25) is 0 Å². The summed E-state index contributed by atoms with van der Waals surface area (Å²) in [5, 5.41) is 6.26. The third-order valence-corrected chi connectivity index (χ3v) is 3.51. The maximum absolute atomic E-state index is 11.5. The molecule has 1 unspecified atom stereocenters. The molecule has 1 atom stereocenters. The van der Waals surface area contributed by atoms with Crippen molar-refractivity contribution in [3.8, 4) is 0 Å². The van der Waals surface area contributed by atoms with Crippen molar-refractivity contribution in [1.82, 2.24) is 10.6 Å². The molecule has 2 aliphatic rings. The predicted molar refractivity (Wildman–Crippen MR) is 62.4 cm³/mol. The molecule has 1 saturated carbocycles. The van der Waals surface area contributed by atoms with Gasteiger partial charge in [-0.2, -0.15) is 0 Å². The molecular weight excluding hydrogens is 204 g/mol. The third-order valence-electron chi connectivity index (χ3n) is 3.51. The summed E-state index contributed by atoms with van der Waals surface area (Å²) in [5.74, 6) is 0. The quantitative estimate of drug-likeness (QED) is 0.771. The molecule has 92 valence electrons. The Kier molecular flexibility index (Phi) is 4.45. The van der Waals surface area contributed by atoms with Crippen LogP contribution in [0.25, 0.3) is 0 Å². The normalized spacial score (nSPS) is 26.6. The molecule has 1 heterocycles. The molecule has 1 amide bonds. The molecule has 0 bridgehead atoms. The summed E-state index contributed by atoms with van der Waals surface area (Å²) < 4.78 is 5.22. The van der Waals surface area contributed by atoms with Gasteiger partial charge in [0, 0.05) is 12.1 Å². The second-order valence-electron chi connectivity index (χ2n) is 4.87. The molecule has 2 N–H and O–H groups in total. The van der Waals surface area contributed by atoms with Crippen molar-refractivity contribution < 1.29 is 9.53 Å². The van der Waals surface area contributed by atoms with Gasteiger partial charge in [-0.1, -0.05) is 19.3 Å². The fourth-order valence-corrected chi connectivity index (χ4v) is 2.53. The Bertz CT molecular complexity index is 221. The summed E-state index contributed by atoms with van der Waals surface area (Å²) in [5.41, 5.74) is 0. The molecule has 0 radical (unpaired) electrons. The van der Waals surface area contributed by atoms with Crippen LogP contribution >= 0.6 is 0 Å². The Balaban J connectivity index is 1.59. The first-order valence-corrected chi connectivity index (χ1v) is 6.51. The smallest absolute Gasteiger partial charge is 0.407 e. The van der Waals surface area contributed by atoms with Gasteiger partial charge in [0.05, 0.1) is 0 Å². The van der Waals surface area contributed by atoms with E-state index >= 15 is 0 Å². The molecule has 1 saturated heterocycles. The van der Waals surface area contributed by atoms with Crippen LogP contribution in [-0.4, -0.2) is 31.3 Å². The molecule has 4 nitrogen and oxygen atoms in total. The van der Waals surface area contributed by atoms with Crippen LogP contribution in [0.2, 0.25) is 0 Å². The van der Waals surface area contributed by atoms with Crippen molar-refractivity contribution in [2.75, 3.05) is 13.2 Å². The van der Waals surface area contributed by atoms with Crippen LogP contribution in [0.15, 0.2) is 0 Å². The molecule has 1 aliphatic heterocycles. The lowest BCUT2D eigenvalue weighted by molar-refractivity contribution is 0.130. The second-order valence-corrected chi connectivity index (χ2v) is 4.87. The number of hydrogen-bond donors (Lipinski definition) is 2. The second kappa shape index (κ2) is 6.09. The Hall–Kier alpha value is -0.770. The summed E-state index contributed by atoms with van der Waals surface area (Å²) in [4.78, 5) is 11.5. The zero-order valence-corrected chi connectivity index (χ0v) is 9.84. The van der Waals surface area contributed by atoms with Crippen molar-refractivity contribution in [3.05, 3.63) is 0 Å². The van der Waals surface area contributed by atoms with E-state index in [0.29, 0.717) is 18.7 Å². The molecule has 2 rings (SSSR count). The van der Waals surface area contributed by atoms with Crippen LogP contribution in [0.5, 0.6) is 0 Å². The van der Waals surface area contributed by atoms with Crippen molar-refractivity contribution in [2.24, 2.45) is 0 Å². The predicted octanol–water partition coefficient (Wildman–Crippen LogP) is 1.80. The van der Waals surface area contributed by atoms with E-state index in [0.717, 1.165) is 25.8 Å². The topological polar surface area (TPSA) is 50.4 Å². The van der Waals surface area contributed by atoms with Gasteiger partial charge in [0.15, 0.2) is 0 Å². The molecule has 0 aromatic heterocycles. The minimum atomic E-state index is -0.236. The highest BCUT2D eigenvalue weighted by Crippen LogP contribution is 2.17. The molecule has 1 aliphatic carbocycles. The number of hydrogen-bond acceptors (Lipinski definition) is 3. The molecule has 16 heavy (non-hydrogen) atoms. The largest absolute Gasteiger partial charge is 0.448 e. The number of ether oxygens (including phenoxy) is 1. The highest BCUT2D eigenvalue weighted by Gasteiger charge is 2.19. The molecule has 4 heteroatoms. The van der Waals surface area contributed by atoms with E-state index in [1.165, 1.54) is 25.7 Å². The van der Waals surface area contributed by atoms with E-state index in [9.17, 15) is 4.79 Å². The zero-order valence-electron chi connectivity index (χ0n) is 9.84. The van der Waals surface area contributed by atoms with E-state index in [1.54, 1.807) is 0 Å². The lowest BCUT2D eigenvalue weighted by Gasteiger charge is -2.22. The van der Waals surface area contributed by atoms with Crippen molar-refractivity contribution in [2.45, 2.75) is 57.0 Å². The van der Waals surface area contributed by atoms with E-state index in [-0.39, 0.29) is 6.09 Å². The lowest BCUT2D eigenvalue weighted by atomic mass is 9.96. The van der Waals surface area contributed by atoms with Gasteiger partial charge in [-0.05, 0) is 32.2 Å². The molecular formula is C12H22N2O2. The fraction of sp³-hybridized carbons (Fsp3) is 0.917. The van der Waals surface area contributed by atoms with E-state index in [1.807, 2.05) is 0 Å². The van der Waals surface area contributed by atoms with Crippen LogP contribution in [0.4, 0.5) is 4.79 Å². The number of alkyl carbamates (subject to hydrolysis) is 1. The zero-order chi connectivity index (χ0) is 11.2. The first-order chi connectivity index (χ1) is 7.84. The summed E-state index contributed by atoms with van der Waals surface area (Å²) in [7, 11) is 0. The summed E-state index contributed by atoms with van der Waals surface area (Å²) in [6, 6.07) is 0.717. The van der Waals surface area contributed by atoms with Gasteiger partial charge >= 0.3 is 6.09 Å². The maximum atomic E-state index is 11.5. The average Bonchev–Trinajstić information content (AvgIpc) is 2.81. The highest BCUT2D eigenvalue weighted by molar-refractivity contribution is 5.67. The fourth-order valence-electron chi connectivity index (χ4n) is 2.53. The van der Waals surface area contributed by atoms with Gasteiger partial charge in [-0.3, -0.25) is 0 Å². The average molecular weight is 226 g/mol. The molecule has 0 spiro atoms. The Morgan fingerprint density at radius 1 is 1.19 bits per heavy atom. The maximum Gasteiger partial charge on any atom is 0.407 e. The number of carbonyl (C=O) groups is 1. The van der Waals surface area contributed by atoms with Crippen LogP contribution in [0.3, 0.4) is 0 Å². The molecule has 2 fully saturated rings. The van der Waals surface area contributed by atoms with E-state index in [4.69, 9.17) is 4.74 Å². The Labute approximate surface area is 97.1 Å². The van der Waals surface area contributed by atoms with E-state index in [2.05, 4.69) is 10.6 Å². The van der Waals surface area contributed by atoms with Crippen LogP contribution < -0.4 is 10.6 Å². The van der Waals surface area contributed by atoms with Crippen molar-refractivity contribution >= 4 is 6.09 Å². The minimum Gasteiger partial charge on any atom is -0.448 e. The van der Waals surface area contributed by atoms with Crippen LogP contribution in [-0.2, 0) is 4.74 Å². The van der Waals surface area contributed by atoms with Gasteiger partial charge in [0.25, 0.3) is 0 Å². The molecule has 0 aromatic carbocycles.